The van der Waals surface area contributed by atoms with Gasteiger partial charge in [-0.15, -0.1) is 0 Å². The highest BCUT2D eigenvalue weighted by Gasteiger charge is 2.57. The second-order valence-electron chi connectivity index (χ2n) is 10.1. The van der Waals surface area contributed by atoms with Crippen LogP contribution in [0.1, 0.15) is 66.2 Å². The molecule has 154 valence electrons. The van der Waals surface area contributed by atoms with Gasteiger partial charge in [0.15, 0.2) is 0 Å². The second kappa shape index (κ2) is 6.66. The minimum atomic E-state index is -0.420. The highest BCUT2D eigenvalue weighted by Crippen LogP contribution is 2.50. The van der Waals surface area contributed by atoms with Crippen molar-refractivity contribution >= 4 is 5.97 Å². The lowest BCUT2D eigenvalue weighted by atomic mass is 9.83. The van der Waals surface area contributed by atoms with Crippen LogP contribution in [-0.4, -0.2) is 53.9 Å². The fraction of sp³-hybridized carbons (Fsp3) is 0.950. The molecule has 0 N–H and O–H groups in total. The van der Waals surface area contributed by atoms with E-state index in [9.17, 15) is 10.0 Å². The Morgan fingerprint density at radius 3 is 2.37 bits per heavy atom. The minimum absolute atomic E-state index is 0.00351. The van der Waals surface area contributed by atoms with Gasteiger partial charge in [0.1, 0.15) is 0 Å². The lowest BCUT2D eigenvalue weighted by molar-refractivity contribution is -0.185. The summed E-state index contributed by atoms with van der Waals surface area (Å²) in [5, 5.41) is 13.0. The van der Waals surface area contributed by atoms with Gasteiger partial charge in [-0.3, -0.25) is 10.0 Å². The van der Waals surface area contributed by atoms with Crippen molar-refractivity contribution in [1.29, 1.82) is 0 Å². The van der Waals surface area contributed by atoms with E-state index >= 15 is 0 Å². The van der Waals surface area contributed by atoms with Crippen molar-refractivity contribution in [2.45, 2.75) is 95.7 Å². The molecule has 2 aliphatic heterocycles. The molecular formula is C20H32NO6-. The number of nitrogens with zero attached hydrogens (tertiary/aromatic N) is 1. The summed E-state index contributed by atoms with van der Waals surface area (Å²) in [5.41, 5.74) is -0.423. The Labute approximate surface area is 161 Å². The van der Waals surface area contributed by atoms with Gasteiger partial charge in [0.2, 0.25) is 0 Å². The van der Waals surface area contributed by atoms with E-state index in [0.717, 1.165) is 43.8 Å². The molecule has 4 fully saturated rings. The molecular weight excluding hydrogens is 350 g/mol. The summed E-state index contributed by atoms with van der Waals surface area (Å²) in [6, 6.07) is -0.154. The van der Waals surface area contributed by atoms with Crippen molar-refractivity contribution in [3.8, 4) is 0 Å². The molecule has 4 rings (SSSR count). The number of hydroxylamine groups is 2. The zero-order valence-corrected chi connectivity index (χ0v) is 16.9. The van der Waals surface area contributed by atoms with Gasteiger partial charge in [-0.05, 0) is 52.4 Å². The summed E-state index contributed by atoms with van der Waals surface area (Å²) in [5.74, 6) is -0.231. The zero-order chi connectivity index (χ0) is 19.4. The average molecular weight is 382 g/mol. The molecule has 2 heterocycles. The number of epoxide rings is 2. The lowest BCUT2D eigenvalue weighted by Gasteiger charge is -2.39. The highest BCUT2D eigenvalue weighted by molar-refractivity contribution is 5.72. The fourth-order valence-corrected chi connectivity index (χ4v) is 4.45. The molecule has 0 aromatic rings. The summed E-state index contributed by atoms with van der Waals surface area (Å²) in [6.07, 6.45) is 5.30. The monoisotopic (exact) mass is 382 g/mol. The SMILES string of the molecule is CC(C)(COC(=O)C1CCC2(C)OC2C1)CON([O-])C1CCC2(C)OC2C1. The Hall–Kier alpha value is -0.730. The van der Waals surface area contributed by atoms with Gasteiger partial charge in [-0.2, -0.15) is 0 Å². The van der Waals surface area contributed by atoms with E-state index < -0.39 is 5.41 Å². The van der Waals surface area contributed by atoms with Crippen LogP contribution in [0.2, 0.25) is 0 Å². The predicted molar refractivity (Wildman–Crippen MR) is 97.4 cm³/mol. The first kappa shape index (κ1) is 19.6. The van der Waals surface area contributed by atoms with Crippen LogP contribution >= 0.6 is 0 Å². The van der Waals surface area contributed by atoms with Gasteiger partial charge in [0.05, 0.1) is 42.5 Å². The molecule has 0 spiro atoms. The van der Waals surface area contributed by atoms with E-state index in [0.29, 0.717) is 0 Å². The summed E-state index contributed by atoms with van der Waals surface area (Å²) in [7, 11) is 0. The highest BCUT2D eigenvalue weighted by atomic mass is 16.9. The molecule has 0 radical (unpaired) electrons. The number of hydrogen-bond acceptors (Lipinski definition) is 7. The average Bonchev–Trinajstić information content (AvgIpc) is 3.49. The van der Waals surface area contributed by atoms with Crippen molar-refractivity contribution < 1.29 is 23.8 Å². The summed E-state index contributed by atoms with van der Waals surface area (Å²) in [6.45, 7) is 8.56. The third kappa shape index (κ3) is 4.17. The number of carbonyl (C=O) groups is 1. The summed E-state index contributed by atoms with van der Waals surface area (Å²) < 4.78 is 16.8. The molecule has 2 saturated carbocycles. The standard InChI is InChI=1S/C20H32NO6/c1-18(2,11-24-17(22)13-5-7-19(3)15(9-13)26-19)12-25-21(23)14-6-8-20(4)16(10-14)27-20/h13-16H,5-12H2,1-4H3/q-1. The molecule has 6 atom stereocenters. The topological polar surface area (TPSA) is 86.9 Å². The van der Waals surface area contributed by atoms with E-state index in [2.05, 4.69) is 13.8 Å². The Balaban J connectivity index is 1.17. The molecule has 27 heavy (non-hydrogen) atoms. The van der Waals surface area contributed by atoms with E-state index in [1.807, 2.05) is 13.8 Å². The van der Waals surface area contributed by atoms with Crippen LogP contribution in [0.15, 0.2) is 0 Å². The van der Waals surface area contributed by atoms with Crippen LogP contribution in [0.3, 0.4) is 0 Å². The molecule has 0 aromatic heterocycles. The third-order valence-corrected chi connectivity index (χ3v) is 6.84. The van der Waals surface area contributed by atoms with E-state index in [1.54, 1.807) is 0 Å². The minimum Gasteiger partial charge on any atom is -0.762 e. The molecule has 2 aliphatic carbocycles. The first-order chi connectivity index (χ1) is 12.6. The lowest BCUT2D eigenvalue weighted by Crippen LogP contribution is -2.39. The quantitative estimate of drug-likeness (QED) is 0.380. The summed E-state index contributed by atoms with van der Waals surface area (Å²) >= 11 is 0. The van der Waals surface area contributed by atoms with E-state index in [1.165, 1.54) is 0 Å². The van der Waals surface area contributed by atoms with Gasteiger partial charge in [0.25, 0.3) is 0 Å². The first-order valence-corrected chi connectivity index (χ1v) is 10.2. The Kier molecular flexibility index (Phi) is 4.83. The van der Waals surface area contributed by atoms with Crippen LogP contribution in [0.25, 0.3) is 0 Å². The number of esters is 1. The molecule has 4 aliphatic rings. The largest absolute Gasteiger partial charge is 0.762 e. The Bertz CT molecular complexity index is 597. The van der Waals surface area contributed by atoms with Crippen LogP contribution in [-0.2, 0) is 23.8 Å². The smallest absolute Gasteiger partial charge is 0.309 e. The van der Waals surface area contributed by atoms with Gasteiger partial charge in [-0.1, -0.05) is 13.8 Å². The van der Waals surface area contributed by atoms with Crippen LogP contribution in [0.5, 0.6) is 0 Å². The Morgan fingerprint density at radius 2 is 1.74 bits per heavy atom. The van der Waals surface area contributed by atoms with Crippen molar-refractivity contribution in [2.75, 3.05) is 13.2 Å². The molecule has 2 saturated heterocycles. The third-order valence-electron chi connectivity index (χ3n) is 6.84. The van der Waals surface area contributed by atoms with Crippen LogP contribution in [0.4, 0.5) is 0 Å². The van der Waals surface area contributed by atoms with Crippen molar-refractivity contribution in [1.82, 2.24) is 5.23 Å². The molecule has 0 bridgehead atoms. The fourth-order valence-electron chi connectivity index (χ4n) is 4.45. The predicted octanol–water partition coefficient (Wildman–Crippen LogP) is 2.95. The van der Waals surface area contributed by atoms with Crippen molar-refractivity contribution in [3.05, 3.63) is 5.21 Å². The zero-order valence-electron chi connectivity index (χ0n) is 16.9. The number of hydrogen-bond donors (Lipinski definition) is 0. The molecule has 0 amide bonds. The first-order valence-electron chi connectivity index (χ1n) is 10.2. The van der Waals surface area contributed by atoms with Crippen molar-refractivity contribution in [2.24, 2.45) is 11.3 Å². The normalized spacial score (nSPS) is 43.0. The van der Waals surface area contributed by atoms with Gasteiger partial charge >= 0.3 is 5.97 Å². The number of carbonyl (C=O) groups excluding carboxylic acids is 1. The Morgan fingerprint density at radius 1 is 1.11 bits per heavy atom. The second-order valence-corrected chi connectivity index (χ2v) is 10.1. The molecule has 7 nitrogen and oxygen atoms in total. The van der Waals surface area contributed by atoms with Crippen molar-refractivity contribution in [3.63, 3.8) is 0 Å². The number of fused-ring (bicyclic) bond motifs is 2. The number of ether oxygens (including phenoxy) is 3. The number of rotatable bonds is 7. The maximum Gasteiger partial charge on any atom is 0.309 e. The molecule has 7 heteroatoms. The maximum atomic E-state index is 12.4. The van der Waals surface area contributed by atoms with Crippen LogP contribution < -0.4 is 0 Å². The van der Waals surface area contributed by atoms with E-state index in [4.69, 9.17) is 19.0 Å². The van der Waals surface area contributed by atoms with E-state index in [-0.39, 0.29) is 54.6 Å². The van der Waals surface area contributed by atoms with Gasteiger partial charge in [-0.25, -0.2) is 0 Å². The van der Waals surface area contributed by atoms with Gasteiger partial charge in [0, 0.05) is 11.5 Å². The summed E-state index contributed by atoms with van der Waals surface area (Å²) in [4.78, 5) is 17.8. The molecule has 6 unspecified atom stereocenters. The van der Waals surface area contributed by atoms with Gasteiger partial charge < -0.3 is 24.3 Å². The molecule has 0 aromatic carbocycles. The maximum absolute atomic E-state index is 12.4. The van der Waals surface area contributed by atoms with Crippen LogP contribution in [0, 0.1) is 16.5 Å².